The Bertz CT molecular complexity index is 269. The average molecular weight is 459 g/mol. The van der Waals surface area contributed by atoms with Crippen LogP contribution < -0.4 is 0 Å². The molecule has 1 saturated carbocycles. The van der Waals surface area contributed by atoms with Gasteiger partial charge in [0.15, 0.2) is 0 Å². The maximum Gasteiger partial charge on any atom is 0.0125 e. The van der Waals surface area contributed by atoms with Crippen molar-refractivity contribution in [3.63, 3.8) is 0 Å². The van der Waals surface area contributed by atoms with Gasteiger partial charge in [0.1, 0.15) is 0 Å². The van der Waals surface area contributed by atoms with Gasteiger partial charge in [-0.2, -0.15) is 0 Å². The molecule has 1 aliphatic carbocycles. The van der Waals surface area contributed by atoms with E-state index in [2.05, 4.69) is 79.2 Å². The molecule has 2 saturated heterocycles. The Morgan fingerprint density at radius 2 is 0.688 bits per heavy atom. The molecule has 0 radical (unpaired) electrons. The van der Waals surface area contributed by atoms with Crippen molar-refractivity contribution in [3.8, 4) is 0 Å². The second kappa shape index (κ2) is 29.0. The minimum Gasteiger partial charge on any atom is -0.306 e. The lowest BCUT2D eigenvalue weighted by atomic mass is 10.1. The zero-order valence-electron chi connectivity index (χ0n) is 25.7. The summed E-state index contributed by atoms with van der Waals surface area (Å²) in [6.07, 6.45) is 13.1. The summed E-state index contributed by atoms with van der Waals surface area (Å²) in [5.74, 6) is 1.67. The summed E-state index contributed by atoms with van der Waals surface area (Å²) in [7, 11) is 2.17. The molecule has 3 aliphatic rings. The van der Waals surface area contributed by atoms with Gasteiger partial charge in [0, 0.05) is 5.54 Å². The van der Waals surface area contributed by atoms with Gasteiger partial charge < -0.3 is 4.90 Å². The molecule has 0 aromatic rings. The van der Waals surface area contributed by atoms with Gasteiger partial charge >= 0.3 is 0 Å². The lowest BCUT2D eigenvalue weighted by Gasteiger charge is -2.31. The van der Waals surface area contributed by atoms with Gasteiger partial charge in [-0.3, -0.25) is 4.90 Å². The second-order valence-electron chi connectivity index (χ2n) is 11.1. The number of nitrogens with zero attached hydrogens (tertiary/aromatic N) is 2. The van der Waals surface area contributed by atoms with Crippen LogP contribution in [0.25, 0.3) is 0 Å². The van der Waals surface area contributed by atoms with Crippen LogP contribution in [0.3, 0.4) is 0 Å². The Kier molecular flexibility index (Phi) is 35.4. The molecule has 0 N–H and O–H groups in total. The predicted molar refractivity (Wildman–Crippen MR) is 154 cm³/mol. The third-order valence-corrected chi connectivity index (χ3v) is 4.63. The first-order valence-electron chi connectivity index (χ1n) is 14.4. The largest absolute Gasteiger partial charge is 0.306 e. The van der Waals surface area contributed by atoms with E-state index in [-0.39, 0.29) is 0 Å². The Hall–Kier alpha value is -0.0800. The van der Waals surface area contributed by atoms with Crippen molar-refractivity contribution in [2.24, 2.45) is 11.8 Å². The van der Waals surface area contributed by atoms with Crippen molar-refractivity contribution in [1.29, 1.82) is 0 Å². The van der Waals surface area contributed by atoms with E-state index in [1.54, 1.807) is 0 Å². The van der Waals surface area contributed by atoms with Crippen molar-refractivity contribution < 1.29 is 0 Å². The highest BCUT2D eigenvalue weighted by Gasteiger charge is 2.23. The number of hydrogen-bond acceptors (Lipinski definition) is 2. The van der Waals surface area contributed by atoms with Crippen LogP contribution in [0, 0.1) is 11.8 Å². The maximum absolute atomic E-state index is 2.55. The Morgan fingerprint density at radius 1 is 0.469 bits per heavy atom. The quantitative estimate of drug-likeness (QED) is 0.356. The fourth-order valence-corrected chi connectivity index (χ4v) is 3.15. The van der Waals surface area contributed by atoms with Gasteiger partial charge in [-0.1, -0.05) is 101 Å². The third-order valence-electron chi connectivity index (χ3n) is 4.63. The summed E-state index contributed by atoms with van der Waals surface area (Å²) in [6.45, 7) is 33.1. The van der Waals surface area contributed by atoms with Crippen LogP contribution in [-0.2, 0) is 0 Å². The van der Waals surface area contributed by atoms with Crippen molar-refractivity contribution in [2.45, 2.75) is 153 Å². The third kappa shape index (κ3) is 40.3. The lowest BCUT2D eigenvalue weighted by molar-refractivity contribution is 0.175. The number of hydrogen-bond donors (Lipinski definition) is 0. The van der Waals surface area contributed by atoms with Crippen LogP contribution in [-0.4, -0.2) is 48.6 Å². The van der Waals surface area contributed by atoms with E-state index in [9.17, 15) is 0 Å². The van der Waals surface area contributed by atoms with Crippen LogP contribution in [0.15, 0.2) is 0 Å². The van der Waals surface area contributed by atoms with Gasteiger partial charge in [0.05, 0.1) is 0 Å². The van der Waals surface area contributed by atoms with E-state index in [0.717, 1.165) is 11.8 Å². The highest BCUT2D eigenvalue weighted by molar-refractivity contribution is 4.79. The lowest BCUT2D eigenvalue weighted by Crippen LogP contribution is -2.38. The summed E-state index contributed by atoms with van der Waals surface area (Å²) in [5.41, 5.74) is 0.413. The molecule has 0 atom stereocenters. The molecule has 32 heavy (non-hydrogen) atoms. The van der Waals surface area contributed by atoms with Crippen LogP contribution in [0.5, 0.6) is 0 Å². The first kappa shape index (κ1) is 39.1. The first-order chi connectivity index (χ1) is 15.0. The molecule has 3 rings (SSSR count). The molecule has 0 spiro atoms. The van der Waals surface area contributed by atoms with E-state index in [0.29, 0.717) is 5.54 Å². The molecule has 2 heterocycles. The highest BCUT2D eigenvalue weighted by Crippen LogP contribution is 2.19. The predicted octanol–water partition coefficient (Wildman–Crippen LogP) is 9.92. The molecule has 200 valence electrons. The first-order valence-corrected chi connectivity index (χ1v) is 14.4. The molecule has 0 unspecified atom stereocenters. The zero-order chi connectivity index (χ0) is 26.0. The van der Waals surface area contributed by atoms with E-state index in [1.165, 1.54) is 84.0 Å². The van der Waals surface area contributed by atoms with Gasteiger partial charge in [-0.05, 0) is 91.5 Å². The van der Waals surface area contributed by atoms with Crippen molar-refractivity contribution in [3.05, 3.63) is 0 Å². The summed E-state index contributed by atoms with van der Waals surface area (Å²) >= 11 is 0. The van der Waals surface area contributed by atoms with Gasteiger partial charge in [-0.15, -0.1) is 0 Å². The standard InChI is InChI=1S/C8H17N.C5H11N.C5H10.2C4H10.2C2H6/c1-8(2,3)9-6-4-5-7-9;1-6-4-2-3-5-6;1-2-4-5-3-1;2*1-4(2)3;2*1-2/h4-7H2,1-3H3;2-5H2,1H3;1-5H2;2*4H,1-3H3;2*1-2H3. The summed E-state index contributed by atoms with van der Waals surface area (Å²) in [4.78, 5) is 4.91. The molecule has 0 aromatic heterocycles. The molecule has 3 fully saturated rings. The highest BCUT2D eigenvalue weighted by atomic mass is 15.2. The molecule has 2 heteroatoms. The van der Waals surface area contributed by atoms with E-state index in [4.69, 9.17) is 0 Å². The zero-order valence-corrected chi connectivity index (χ0v) is 25.7. The summed E-state index contributed by atoms with van der Waals surface area (Å²) in [6, 6.07) is 0. The minimum absolute atomic E-state index is 0.413. The topological polar surface area (TPSA) is 6.48 Å². The molecule has 2 nitrogen and oxygen atoms in total. The molecular weight excluding hydrogens is 388 g/mol. The van der Waals surface area contributed by atoms with Gasteiger partial charge in [0.2, 0.25) is 0 Å². The van der Waals surface area contributed by atoms with E-state index >= 15 is 0 Å². The number of rotatable bonds is 0. The fourth-order valence-electron chi connectivity index (χ4n) is 3.15. The number of likely N-dealkylation sites (tertiary alicyclic amines) is 2. The Labute approximate surface area is 208 Å². The van der Waals surface area contributed by atoms with Crippen molar-refractivity contribution in [1.82, 2.24) is 9.80 Å². The van der Waals surface area contributed by atoms with Crippen LogP contribution >= 0.6 is 0 Å². The van der Waals surface area contributed by atoms with Gasteiger partial charge in [0.25, 0.3) is 0 Å². The maximum atomic E-state index is 2.55. The Balaban J connectivity index is -0.000000152. The summed E-state index contributed by atoms with van der Waals surface area (Å²) in [5, 5.41) is 0. The normalized spacial score (nSPS) is 17.6. The van der Waals surface area contributed by atoms with E-state index in [1.807, 2.05) is 27.7 Å². The van der Waals surface area contributed by atoms with Gasteiger partial charge in [-0.25, -0.2) is 0 Å². The summed E-state index contributed by atoms with van der Waals surface area (Å²) < 4.78 is 0. The van der Waals surface area contributed by atoms with Crippen molar-refractivity contribution >= 4 is 0 Å². The molecule has 0 aromatic carbocycles. The molecule has 0 bridgehead atoms. The van der Waals surface area contributed by atoms with Crippen molar-refractivity contribution in [2.75, 3.05) is 33.2 Å². The van der Waals surface area contributed by atoms with E-state index < -0.39 is 0 Å². The van der Waals surface area contributed by atoms with Crippen LogP contribution in [0.2, 0.25) is 0 Å². The van der Waals surface area contributed by atoms with Crippen LogP contribution in [0.1, 0.15) is 148 Å². The van der Waals surface area contributed by atoms with Crippen LogP contribution in [0.4, 0.5) is 0 Å². The average Bonchev–Trinajstić information content (AvgIpc) is 3.48. The molecular formula is C30H70N2. The minimum atomic E-state index is 0.413. The second-order valence-corrected chi connectivity index (χ2v) is 11.1. The molecule has 0 amide bonds. The monoisotopic (exact) mass is 459 g/mol. The smallest absolute Gasteiger partial charge is 0.0125 e. The SMILES string of the molecule is C1CCCC1.CC.CC.CC(C)(C)N1CCCC1.CC(C)C.CC(C)C.CN1CCCC1. The molecule has 2 aliphatic heterocycles. The Morgan fingerprint density at radius 3 is 0.812 bits per heavy atom. The fraction of sp³-hybridized carbons (Fsp3) is 1.00.